The van der Waals surface area contributed by atoms with Gasteiger partial charge in [-0.15, -0.1) is 13.2 Å². The van der Waals surface area contributed by atoms with Crippen LogP contribution in [0.15, 0.2) is 108 Å². The molecule has 4 aromatic rings. The zero-order valence-corrected chi connectivity index (χ0v) is 21.6. The Balaban J connectivity index is 1.54. The normalized spacial score (nSPS) is 17.1. The Morgan fingerprint density at radius 3 is 1.97 bits per heavy atom. The van der Waals surface area contributed by atoms with Gasteiger partial charge in [-0.3, -0.25) is 0 Å². The molecular formula is C29H20Cl2F3N3O2. The summed E-state index contributed by atoms with van der Waals surface area (Å²) in [6.45, 7) is 0.151. The standard InChI is InChI=1S/C29H20Cl2F3N3O2/c30-22-10-6-19(7-11-22)26-28(20-4-2-1-3-5-20,21-8-12-23(31)13-9-21)18-37(36-26)27(38)35-24-14-16-25(17-15-24)39-29(32,33)34/h1-17H,18H2,(H,35,38). The average molecular weight is 570 g/mol. The fourth-order valence-electron chi connectivity index (χ4n) is 4.58. The van der Waals surface area contributed by atoms with E-state index in [1.165, 1.54) is 17.1 Å². The van der Waals surface area contributed by atoms with Crippen LogP contribution >= 0.6 is 23.2 Å². The maximum Gasteiger partial charge on any atom is 0.573 e. The Kier molecular flexibility index (Phi) is 7.25. The summed E-state index contributed by atoms with van der Waals surface area (Å²) in [6, 6.07) is 28.6. The van der Waals surface area contributed by atoms with Gasteiger partial charge in [0.25, 0.3) is 0 Å². The van der Waals surface area contributed by atoms with Crippen molar-refractivity contribution in [3.05, 3.63) is 130 Å². The summed E-state index contributed by atoms with van der Waals surface area (Å²) in [5.41, 5.74) is 2.59. The minimum Gasteiger partial charge on any atom is -0.406 e. The van der Waals surface area contributed by atoms with Crippen LogP contribution < -0.4 is 10.1 Å². The third-order valence-corrected chi connectivity index (χ3v) is 6.81. The number of nitrogens with zero attached hydrogens (tertiary/aromatic N) is 2. The molecule has 0 bridgehead atoms. The van der Waals surface area contributed by atoms with Crippen molar-refractivity contribution in [2.75, 3.05) is 11.9 Å². The first-order valence-electron chi connectivity index (χ1n) is 11.7. The minimum atomic E-state index is -4.81. The maximum atomic E-state index is 13.4. The van der Waals surface area contributed by atoms with Crippen molar-refractivity contribution in [3.63, 3.8) is 0 Å². The molecular weight excluding hydrogens is 550 g/mol. The zero-order chi connectivity index (χ0) is 27.6. The van der Waals surface area contributed by atoms with Gasteiger partial charge in [0.05, 0.1) is 17.7 Å². The maximum absolute atomic E-state index is 13.4. The van der Waals surface area contributed by atoms with Gasteiger partial charge in [-0.05, 0) is 65.2 Å². The summed E-state index contributed by atoms with van der Waals surface area (Å²) >= 11 is 12.4. The van der Waals surface area contributed by atoms with Crippen molar-refractivity contribution in [1.82, 2.24) is 5.01 Å². The lowest BCUT2D eigenvalue weighted by Crippen LogP contribution is -2.42. The van der Waals surface area contributed by atoms with Crippen molar-refractivity contribution in [2.24, 2.45) is 5.10 Å². The number of anilines is 1. The Morgan fingerprint density at radius 2 is 1.38 bits per heavy atom. The molecule has 1 aliphatic rings. The first-order valence-corrected chi connectivity index (χ1v) is 12.5. The molecule has 5 nitrogen and oxygen atoms in total. The van der Waals surface area contributed by atoms with Gasteiger partial charge in [-0.2, -0.15) is 5.10 Å². The third-order valence-electron chi connectivity index (χ3n) is 6.31. The van der Waals surface area contributed by atoms with Crippen molar-refractivity contribution in [1.29, 1.82) is 0 Å². The molecule has 0 saturated carbocycles. The molecule has 0 saturated heterocycles. The molecule has 198 valence electrons. The Hall–Kier alpha value is -4.01. The lowest BCUT2D eigenvalue weighted by atomic mass is 9.69. The van der Waals surface area contributed by atoms with Crippen LogP contribution in [0.25, 0.3) is 0 Å². The van der Waals surface area contributed by atoms with Crippen LogP contribution in [0.2, 0.25) is 10.0 Å². The van der Waals surface area contributed by atoms with Gasteiger partial charge < -0.3 is 10.1 Å². The number of alkyl halides is 3. The van der Waals surface area contributed by atoms with E-state index in [2.05, 4.69) is 10.1 Å². The van der Waals surface area contributed by atoms with E-state index in [9.17, 15) is 18.0 Å². The van der Waals surface area contributed by atoms with Crippen LogP contribution in [0.1, 0.15) is 16.7 Å². The van der Waals surface area contributed by atoms with Crippen LogP contribution in [0, 0.1) is 0 Å². The number of halogens is 5. The Bertz CT molecular complexity index is 1490. The fraction of sp³-hybridized carbons (Fsp3) is 0.103. The average Bonchev–Trinajstić information content (AvgIpc) is 3.32. The van der Waals surface area contributed by atoms with Crippen molar-refractivity contribution in [3.8, 4) is 5.75 Å². The van der Waals surface area contributed by atoms with E-state index in [-0.39, 0.29) is 12.2 Å². The molecule has 0 fully saturated rings. The number of rotatable bonds is 5. The van der Waals surface area contributed by atoms with Crippen LogP contribution in [0.5, 0.6) is 5.75 Å². The molecule has 1 unspecified atom stereocenters. The first-order chi connectivity index (χ1) is 18.6. The fourth-order valence-corrected chi connectivity index (χ4v) is 4.83. The molecule has 39 heavy (non-hydrogen) atoms. The number of carbonyl (C=O) groups excluding carboxylic acids is 1. The molecule has 1 heterocycles. The highest BCUT2D eigenvalue weighted by Crippen LogP contribution is 2.42. The van der Waals surface area contributed by atoms with Gasteiger partial charge in [0, 0.05) is 15.7 Å². The van der Waals surface area contributed by atoms with Gasteiger partial charge >= 0.3 is 12.4 Å². The predicted octanol–water partition coefficient (Wildman–Crippen LogP) is 8.13. The largest absolute Gasteiger partial charge is 0.573 e. The smallest absolute Gasteiger partial charge is 0.406 e. The molecule has 0 aliphatic carbocycles. The van der Waals surface area contributed by atoms with E-state index < -0.39 is 23.6 Å². The van der Waals surface area contributed by atoms with Gasteiger partial charge in [-0.1, -0.05) is 77.8 Å². The summed E-state index contributed by atoms with van der Waals surface area (Å²) in [6.07, 6.45) is -4.81. The highest BCUT2D eigenvalue weighted by molar-refractivity contribution is 6.31. The Labute approximate surface area is 232 Å². The van der Waals surface area contributed by atoms with Gasteiger partial charge in [0.1, 0.15) is 5.75 Å². The molecule has 1 atom stereocenters. The summed E-state index contributed by atoms with van der Waals surface area (Å²) in [4.78, 5) is 13.4. The van der Waals surface area contributed by atoms with Gasteiger partial charge in [-0.25, -0.2) is 9.80 Å². The molecule has 0 radical (unpaired) electrons. The number of ether oxygens (including phenoxy) is 1. The molecule has 0 spiro atoms. The molecule has 4 aromatic carbocycles. The van der Waals surface area contributed by atoms with E-state index in [4.69, 9.17) is 28.3 Å². The number of hydrogen-bond acceptors (Lipinski definition) is 3. The molecule has 0 aromatic heterocycles. The van der Waals surface area contributed by atoms with Gasteiger partial charge in [0.2, 0.25) is 0 Å². The van der Waals surface area contributed by atoms with Crippen LogP contribution in [-0.2, 0) is 5.41 Å². The van der Waals surface area contributed by atoms with E-state index in [0.717, 1.165) is 28.8 Å². The van der Waals surface area contributed by atoms with Crippen LogP contribution in [0.3, 0.4) is 0 Å². The van der Waals surface area contributed by atoms with Gasteiger partial charge in [0.15, 0.2) is 0 Å². The molecule has 2 amide bonds. The number of carbonyl (C=O) groups is 1. The van der Waals surface area contributed by atoms with E-state index in [1.807, 2.05) is 54.6 Å². The topological polar surface area (TPSA) is 53.9 Å². The number of urea groups is 1. The van der Waals surface area contributed by atoms with Crippen LogP contribution in [-0.4, -0.2) is 29.7 Å². The predicted molar refractivity (Wildman–Crippen MR) is 146 cm³/mol. The van der Waals surface area contributed by atoms with Crippen molar-refractivity contribution in [2.45, 2.75) is 11.8 Å². The zero-order valence-electron chi connectivity index (χ0n) is 20.1. The highest BCUT2D eigenvalue weighted by atomic mass is 35.5. The molecule has 1 N–H and O–H groups in total. The SMILES string of the molecule is O=C(Nc1ccc(OC(F)(F)F)cc1)N1CC(c2ccccc2)(c2ccc(Cl)cc2)C(c2ccc(Cl)cc2)=N1. The van der Waals surface area contributed by atoms with E-state index in [1.54, 1.807) is 24.3 Å². The van der Waals surface area contributed by atoms with Crippen molar-refractivity contribution >= 4 is 40.6 Å². The summed E-state index contributed by atoms with van der Waals surface area (Å²) in [7, 11) is 0. The number of hydrazone groups is 1. The first kappa shape index (κ1) is 26.6. The van der Waals surface area contributed by atoms with Crippen LogP contribution in [0.4, 0.5) is 23.7 Å². The second kappa shape index (κ2) is 10.6. The second-order valence-corrected chi connectivity index (χ2v) is 9.67. The van der Waals surface area contributed by atoms with E-state index in [0.29, 0.717) is 15.8 Å². The lowest BCUT2D eigenvalue weighted by Gasteiger charge is -2.32. The minimum absolute atomic E-state index is 0.151. The molecule has 10 heteroatoms. The summed E-state index contributed by atoms with van der Waals surface area (Å²) in [5.74, 6) is -0.393. The number of hydrogen-bond donors (Lipinski definition) is 1. The summed E-state index contributed by atoms with van der Waals surface area (Å²) in [5, 5.41) is 9.91. The quantitative estimate of drug-likeness (QED) is 0.264. The van der Waals surface area contributed by atoms with Crippen molar-refractivity contribution < 1.29 is 22.7 Å². The monoisotopic (exact) mass is 569 g/mol. The molecule has 1 aliphatic heterocycles. The molecule has 5 rings (SSSR count). The highest BCUT2D eigenvalue weighted by Gasteiger charge is 2.48. The summed E-state index contributed by atoms with van der Waals surface area (Å²) < 4.78 is 41.4. The lowest BCUT2D eigenvalue weighted by molar-refractivity contribution is -0.274. The van der Waals surface area contributed by atoms with E-state index >= 15 is 0 Å². The Morgan fingerprint density at radius 1 is 0.821 bits per heavy atom. The second-order valence-electron chi connectivity index (χ2n) is 8.79. The number of nitrogens with one attached hydrogen (secondary N) is 1. The number of amides is 2. The number of benzene rings is 4. The third kappa shape index (κ3) is 5.72.